The summed E-state index contributed by atoms with van der Waals surface area (Å²) in [6, 6.07) is 37.0. The quantitative estimate of drug-likeness (QED) is 0.152. The van der Waals surface area contributed by atoms with Gasteiger partial charge in [-0.2, -0.15) is 0 Å². The first kappa shape index (κ1) is 33.5. The number of ether oxygens (including phenoxy) is 2. The molecule has 2 amide bonds. The summed E-state index contributed by atoms with van der Waals surface area (Å²) in [5.41, 5.74) is 7.56. The highest BCUT2D eigenvalue weighted by atomic mass is 16.7. The molecule has 0 spiro atoms. The highest BCUT2D eigenvalue weighted by molar-refractivity contribution is 6.21. The molecule has 8 heteroatoms. The van der Waals surface area contributed by atoms with Crippen LogP contribution in [0.1, 0.15) is 68.0 Å². The van der Waals surface area contributed by atoms with E-state index in [1.54, 1.807) is 24.3 Å². The van der Waals surface area contributed by atoms with E-state index in [4.69, 9.17) is 9.47 Å². The van der Waals surface area contributed by atoms with Gasteiger partial charge in [0.25, 0.3) is 11.8 Å². The van der Waals surface area contributed by atoms with Crippen LogP contribution >= 0.6 is 0 Å². The normalized spacial score (nSPS) is 20.4. The lowest BCUT2D eigenvalue weighted by atomic mass is 9.90. The van der Waals surface area contributed by atoms with Crippen LogP contribution in [0.15, 0.2) is 121 Å². The summed E-state index contributed by atoms with van der Waals surface area (Å²) in [4.78, 5) is 34.1. The number of amides is 2. The lowest BCUT2D eigenvalue weighted by Gasteiger charge is -2.42. The first-order valence-corrected chi connectivity index (χ1v) is 17.1. The van der Waals surface area contributed by atoms with Crippen molar-refractivity contribution < 1.29 is 24.2 Å². The molecule has 0 radical (unpaired) electrons. The summed E-state index contributed by atoms with van der Waals surface area (Å²) in [5.74, 6) is -0.474. The zero-order chi connectivity index (χ0) is 34.6. The number of carbonyl (C=O) groups excluding carboxylic acids is 2. The van der Waals surface area contributed by atoms with E-state index < -0.39 is 6.29 Å². The Bertz CT molecular complexity index is 1930. The molecule has 0 saturated carbocycles. The van der Waals surface area contributed by atoms with Crippen LogP contribution in [-0.4, -0.2) is 57.9 Å². The van der Waals surface area contributed by atoms with E-state index in [2.05, 4.69) is 36.0 Å². The number of benzene rings is 4. The summed E-state index contributed by atoms with van der Waals surface area (Å²) in [6.07, 6.45) is 1.73. The zero-order valence-corrected chi connectivity index (χ0v) is 28.3. The van der Waals surface area contributed by atoms with Gasteiger partial charge in [0.05, 0.1) is 36.5 Å². The van der Waals surface area contributed by atoms with Crippen molar-refractivity contribution in [2.75, 3.05) is 20.1 Å². The molecule has 4 aromatic carbocycles. The average molecular weight is 668 g/mol. The zero-order valence-electron chi connectivity index (χ0n) is 28.3. The molecule has 254 valence electrons. The van der Waals surface area contributed by atoms with Gasteiger partial charge in [-0.05, 0) is 71.3 Å². The Morgan fingerprint density at radius 2 is 1.46 bits per heavy atom. The van der Waals surface area contributed by atoms with Gasteiger partial charge in [0.15, 0.2) is 6.29 Å². The van der Waals surface area contributed by atoms with E-state index in [-0.39, 0.29) is 43.1 Å². The third-order valence-electron chi connectivity index (χ3n) is 9.73. The fraction of sp³-hybridized carbons (Fsp3) is 0.262. The van der Waals surface area contributed by atoms with Crippen LogP contribution in [0.25, 0.3) is 11.1 Å². The molecule has 1 N–H and O–H groups in total. The Kier molecular flexibility index (Phi) is 9.96. The number of nitrogens with zero attached hydrogens (tertiary/aromatic N) is 3. The third kappa shape index (κ3) is 7.15. The number of hydrogen-bond acceptors (Lipinski definition) is 7. The van der Waals surface area contributed by atoms with Gasteiger partial charge in [-0.1, -0.05) is 85.8 Å². The number of fused-ring (bicyclic) bond motifs is 1. The number of aromatic nitrogens is 1. The first-order chi connectivity index (χ1) is 24.4. The molecule has 2 aliphatic rings. The average Bonchev–Trinajstić information content (AvgIpc) is 3.40. The Morgan fingerprint density at radius 3 is 2.16 bits per heavy atom. The monoisotopic (exact) mass is 667 g/mol. The van der Waals surface area contributed by atoms with Gasteiger partial charge in [0.1, 0.15) is 0 Å². The van der Waals surface area contributed by atoms with Crippen molar-refractivity contribution in [3.05, 3.63) is 161 Å². The highest BCUT2D eigenvalue weighted by Gasteiger charge is 2.39. The maximum atomic E-state index is 13.0. The van der Waals surface area contributed by atoms with Crippen molar-refractivity contribution in [1.82, 2.24) is 14.8 Å². The molecule has 1 aromatic heterocycles. The Hall–Kier alpha value is -4.99. The summed E-state index contributed by atoms with van der Waals surface area (Å²) in [5, 5.41) is 9.63. The lowest BCUT2D eigenvalue weighted by Crippen LogP contribution is -2.43. The molecule has 2 aliphatic heterocycles. The lowest BCUT2D eigenvalue weighted by molar-refractivity contribution is -0.275. The maximum Gasteiger partial charge on any atom is 0.261 e. The van der Waals surface area contributed by atoms with E-state index in [1.165, 1.54) is 4.90 Å². The topological polar surface area (TPSA) is 92.2 Å². The van der Waals surface area contributed by atoms with Gasteiger partial charge >= 0.3 is 0 Å². The first-order valence-electron chi connectivity index (χ1n) is 17.1. The van der Waals surface area contributed by atoms with Crippen LogP contribution in [0, 0.1) is 5.92 Å². The van der Waals surface area contributed by atoms with E-state index in [0.717, 1.165) is 58.6 Å². The second-order valence-corrected chi connectivity index (χ2v) is 13.2. The number of carbonyl (C=O) groups is 2. The smallest absolute Gasteiger partial charge is 0.261 e. The third-order valence-corrected chi connectivity index (χ3v) is 9.73. The van der Waals surface area contributed by atoms with Crippen LogP contribution in [0.4, 0.5) is 0 Å². The van der Waals surface area contributed by atoms with Crippen molar-refractivity contribution in [3.63, 3.8) is 0 Å². The van der Waals surface area contributed by atoms with Gasteiger partial charge in [-0.3, -0.25) is 19.5 Å². The van der Waals surface area contributed by atoms with Crippen molar-refractivity contribution in [2.45, 2.75) is 45.0 Å². The standard InChI is InChI=1S/C42H41N3O5/c1-28-38(26-44(2)22-20-35-13-5-6-21-43-35)49-42(50-39(28)31-18-16-29(27-46)17-19-31)34-12-8-11-33(24-34)32-10-7-9-30(23-32)25-45-40(47)36-14-3-4-15-37(36)41(45)48/h3-19,21,23-24,28,38-39,42,46H,20,22,25-27H2,1-2H3/t28-,38+,39+,42+/m0/s1. The van der Waals surface area contributed by atoms with Crippen molar-refractivity contribution in [2.24, 2.45) is 5.92 Å². The fourth-order valence-electron chi connectivity index (χ4n) is 6.86. The van der Waals surface area contributed by atoms with Crippen LogP contribution in [0.2, 0.25) is 0 Å². The number of imide groups is 1. The Morgan fingerprint density at radius 1 is 0.760 bits per heavy atom. The van der Waals surface area contributed by atoms with E-state index in [9.17, 15) is 14.7 Å². The van der Waals surface area contributed by atoms with Gasteiger partial charge in [-0.25, -0.2) is 0 Å². The molecule has 0 bridgehead atoms. The second kappa shape index (κ2) is 14.9. The van der Waals surface area contributed by atoms with E-state index in [0.29, 0.717) is 11.1 Å². The molecule has 8 nitrogen and oxygen atoms in total. The van der Waals surface area contributed by atoms with E-state index >= 15 is 0 Å². The molecule has 1 saturated heterocycles. The van der Waals surface area contributed by atoms with Gasteiger partial charge in [0.2, 0.25) is 0 Å². The number of aliphatic hydroxyl groups is 1. The van der Waals surface area contributed by atoms with Crippen molar-refractivity contribution in [1.29, 1.82) is 0 Å². The predicted molar refractivity (Wildman–Crippen MR) is 191 cm³/mol. The molecule has 7 rings (SSSR count). The molecular formula is C42H41N3O5. The predicted octanol–water partition coefficient (Wildman–Crippen LogP) is 7.00. The molecule has 0 unspecified atom stereocenters. The molecule has 50 heavy (non-hydrogen) atoms. The van der Waals surface area contributed by atoms with Crippen molar-refractivity contribution >= 4 is 11.8 Å². The van der Waals surface area contributed by atoms with Gasteiger partial charge < -0.3 is 19.5 Å². The number of aliphatic hydroxyl groups excluding tert-OH is 1. The summed E-state index contributed by atoms with van der Waals surface area (Å²) < 4.78 is 13.5. The fourth-order valence-corrected chi connectivity index (χ4v) is 6.86. The van der Waals surface area contributed by atoms with Crippen molar-refractivity contribution in [3.8, 4) is 11.1 Å². The minimum Gasteiger partial charge on any atom is -0.392 e. The van der Waals surface area contributed by atoms with Crippen LogP contribution in [-0.2, 0) is 29.0 Å². The van der Waals surface area contributed by atoms with Crippen LogP contribution in [0.3, 0.4) is 0 Å². The molecule has 1 fully saturated rings. The number of pyridine rings is 1. The molecule has 0 aliphatic carbocycles. The second-order valence-electron chi connectivity index (χ2n) is 13.2. The van der Waals surface area contributed by atoms with Gasteiger partial charge in [-0.15, -0.1) is 0 Å². The van der Waals surface area contributed by atoms with Crippen LogP contribution < -0.4 is 0 Å². The SMILES string of the molecule is C[C@H]1[C@@H](CN(C)CCc2ccccn2)O[C@@H](c2cccc(-c3cccc(CN4C(=O)c5ccccc5C4=O)c3)c2)O[C@H]1c1ccc(CO)cc1. The summed E-state index contributed by atoms with van der Waals surface area (Å²) in [6.45, 7) is 3.92. The summed E-state index contributed by atoms with van der Waals surface area (Å²) >= 11 is 0. The number of likely N-dealkylation sites (N-methyl/N-ethyl adjacent to an activating group) is 1. The van der Waals surface area contributed by atoms with Crippen LogP contribution in [0.5, 0.6) is 0 Å². The summed E-state index contributed by atoms with van der Waals surface area (Å²) in [7, 11) is 2.12. The number of hydrogen-bond donors (Lipinski definition) is 1. The maximum absolute atomic E-state index is 13.0. The highest BCUT2D eigenvalue weighted by Crippen LogP contribution is 2.42. The molecule has 5 aromatic rings. The Balaban J connectivity index is 1.11. The van der Waals surface area contributed by atoms with Gasteiger partial charge in [0, 0.05) is 42.9 Å². The molecule has 3 heterocycles. The molecule has 4 atom stereocenters. The van der Waals surface area contributed by atoms with E-state index in [1.807, 2.05) is 85.1 Å². The molecular weight excluding hydrogens is 626 g/mol. The number of rotatable bonds is 11. The largest absolute Gasteiger partial charge is 0.392 e. The minimum atomic E-state index is -0.607. The Labute approximate surface area is 292 Å². The minimum absolute atomic E-state index is 0.0108.